The lowest BCUT2D eigenvalue weighted by Gasteiger charge is -2.12. The second-order valence-corrected chi connectivity index (χ2v) is 4.54. The number of methoxy groups -OCH3 is 1. The Morgan fingerprint density at radius 2 is 2.27 bits per heavy atom. The fourth-order valence-corrected chi connectivity index (χ4v) is 1.93. The van der Waals surface area contributed by atoms with Crippen LogP contribution < -0.4 is 10.9 Å². The molecule has 1 aromatic carbocycles. The first kappa shape index (κ1) is 15.6. The second-order valence-electron chi connectivity index (χ2n) is 4.54. The van der Waals surface area contributed by atoms with Crippen molar-refractivity contribution in [1.82, 2.24) is 15.0 Å². The number of nitrogens with zero attached hydrogens (tertiary/aromatic N) is 3. The molecule has 0 aliphatic carbocycles. The Bertz CT molecular complexity index is 786. The topological polar surface area (TPSA) is 123 Å². The number of anilines is 1. The van der Waals surface area contributed by atoms with E-state index in [9.17, 15) is 14.4 Å². The molecule has 0 bridgehead atoms. The van der Waals surface area contributed by atoms with E-state index in [-0.39, 0.29) is 28.8 Å². The molecule has 1 unspecified atom stereocenters. The van der Waals surface area contributed by atoms with Crippen molar-refractivity contribution < 1.29 is 19.4 Å². The van der Waals surface area contributed by atoms with Gasteiger partial charge in [-0.25, -0.2) is 9.48 Å². The zero-order valence-electron chi connectivity index (χ0n) is 11.9. The van der Waals surface area contributed by atoms with Crippen LogP contribution in [0.5, 0.6) is 0 Å². The van der Waals surface area contributed by atoms with Gasteiger partial charge < -0.3 is 15.2 Å². The molecular formula is C13H14N4O5. The number of amides is 1. The lowest BCUT2D eigenvalue weighted by atomic mass is 10.1. The van der Waals surface area contributed by atoms with E-state index in [1.807, 2.05) is 0 Å². The maximum atomic E-state index is 12.4. The van der Waals surface area contributed by atoms with Crippen LogP contribution in [-0.2, 0) is 9.53 Å². The molecule has 9 nitrogen and oxygen atoms in total. The molecule has 22 heavy (non-hydrogen) atoms. The number of ether oxygens (including phenoxy) is 1. The highest BCUT2D eigenvalue weighted by Crippen LogP contribution is 2.21. The number of esters is 1. The number of carbonyl (C=O) groups is 2. The molecule has 0 fully saturated rings. The summed E-state index contributed by atoms with van der Waals surface area (Å²) in [5, 5.41) is 19.2. The number of aliphatic hydroxyl groups is 1. The van der Waals surface area contributed by atoms with Crippen molar-refractivity contribution in [3.05, 3.63) is 28.0 Å². The highest BCUT2D eigenvalue weighted by atomic mass is 16.5. The third kappa shape index (κ3) is 2.66. The molecule has 1 atom stereocenters. The van der Waals surface area contributed by atoms with Crippen molar-refractivity contribution in [1.29, 1.82) is 0 Å². The Balaban J connectivity index is 2.74. The molecule has 116 valence electrons. The average molecular weight is 306 g/mol. The van der Waals surface area contributed by atoms with Gasteiger partial charge in [0.05, 0.1) is 36.4 Å². The maximum absolute atomic E-state index is 12.4. The first-order chi connectivity index (χ1) is 10.5. The molecule has 0 saturated carbocycles. The Morgan fingerprint density at radius 3 is 2.86 bits per heavy atom. The first-order valence-corrected chi connectivity index (χ1v) is 6.36. The Kier molecular flexibility index (Phi) is 4.47. The summed E-state index contributed by atoms with van der Waals surface area (Å²) in [5.41, 5.74) is -0.119. The largest absolute Gasteiger partial charge is 0.465 e. The van der Waals surface area contributed by atoms with Crippen LogP contribution in [0.25, 0.3) is 10.9 Å². The molecule has 2 aromatic rings. The van der Waals surface area contributed by atoms with Gasteiger partial charge in [-0.05, 0) is 19.1 Å². The van der Waals surface area contributed by atoms with Gasteiger partial charge in [-0.2, -0.15) is 0 Å². The van der Waals surface area contributed by atoms with Crippen LogP contribution in [0.4, 0.5) is 5.69 Å². The minimum Gasteiger partial charge on any atom is -0.465 e. The molecular weight excluding hydrogens is 292 g/mol. The van der Waals surface area contributed by atoms with E-state index in [4.69, 9.17) is 5.11 Å². The third-order valence-electron chi connectivity index (χ3n) is 3.12. The monoisotopic (exact) mass is 306 g/mol. The molecule has 0 spiro atoms. The molecule has 2 rings (SSSR count). The predicted octanol–water partition coefficient (Wildman–Crippen LogP) is -0.300. The van der Waals surface area contributed by atoms with Gasteiger partial charge in [-0.15, -0.1) is 5.10 Å². The number of fused-ring (bicyclic) bond motifs is 1. The Morgan fingerprint density at radius 1 is 1.55 bits per heavy atom. The van der Waals surface area contributed by atoms with Crippen LogP contribution in [0, 0.1) is 0 Å². The summed E-state index contributed by atoms with van der Waals surface area (Å²) in [6.07, 6.45) is 0.386. The van der Waals surface area contributed by atoms with Gasteiger partial charge in [0.2, 0.25) is 6.41 Å². The molecule has 0 aliphatic rings. The van der Waals surface area contributed by atoms with Crippen molar-refractivity contribution in [3.63, 3.8) is 0 Å². The summed E-state index contributed by atoms with van der Waals surface area (Å²) in [5.74, 6) is -0.680. The molecule has 9 heteroatoms. The number of rotatable bonds is 5. The highest BCUT2D eigenvalue weighted by Gasteiger charge is 2.17. The standard InChI is InChI=1S/C13H14N4O5/c1-7(5-18)17-12(20)8-3-10(14-6-19)9(13(21)22-2)4-11(8)15-16-17/h3-4,6-7,18H,5H2,1-2H3,(H,14,19). The van der Waals surface area contributed by atoms with Gasteiger partial charge in [0, 0.05) is 0 Å². The molecule has 1 amide bonds. The van der Waals surface area contributed by atoms with E-state index in [0.717, 1.165) is 4.68 Å². The summed E-state index contributed by atoms with van der Waals surface area (Å²) >= 11 is 0. The van der Waals surface area contributed by atoms with Gasteiger partial charge in [0.15, 0.2) is 0 Å². The second kappa shape index (κ2) is 6.31. The van der Waals surface area contributed by atoms with Crippen LogP contribution in [0.15, 0.2) is 16.9 Å². The van der Waals surface area contributed by atoms with E-state index < -0.39 is 17.6 Å². The lowest BCUT2D eigenvalue weighted by molar-refractivity contribution is -0.105. The lowest BCUT2D eigenvalue weighted by Crippen LogP contribution is -2.29. The predicted molar refractivity (Wildman–Crippen MR) is 76.6 cm³/mol. The zero-order chi connectivity index (χ0) is 16.3. The Labute approximate surface area is 124 Å². The first-order valence-electron chi connectivity index (χ1n) is 6.36. The van der Waals surface area contributed by atoms with Crippen molar-refractivity contribution in [2.45, 2.75) is 13.0 Å². The SMILES string of the molecule is COC(=O)c1cc2nnn(C(C)CO)c(=O)c2cc1NC=O. The van der Waals surface area contributed by atoms with E-state index in [0.29, 0.717) is 6.41 Å². The molecule has 0 radical (unpaired) electrons. The van der Waals surface area contributed by atoms with Gasteiger partial charge in [-0.1, -0.05) is 5.21 Å². The van der Waals surface area contributed by atoms with E-state index >= 15 is 0 Å². The molecule has 1 heterocycles. The van der Waals surface area contributed by atoms with E-state index in [1.54, 1.807) is 6.92 Å². The fraction of sp³-hybridized carbons (Fsp3) is 0.308. The summed E-state index contributed by atoms with van der Waals surface area (Å²) in [7, 11) is 1.20. The van der Waals surface area contributed by atoms with Crippen LogP contribution in [-0.4, -0.2) is 46.2 Å². The van der Waals surface area contributed by atoms with E-state index in [1.165, 1.54) is 19.2 Å². The summed E-state index contributed by atoms with van der Waals surface area (Å²) in [6, 6.07) is 2.09. The zero-order valence-corrected chi connectivity index (χ0v) is 11.9. The van der Waals surface area contributed by atoms with Gasteiger partial charge in [0.1, 0.15) is 5.52 Å². The summed E-state index contributed by atoms with van der Waals surface area (Å²) in [4.78, 5) is 34.7. The summed E-state index contributed by atoms with van der Waals surface area (Å²) in [6.45, 7) is 1.33. The quantitative estimate of drug-likeness (QED) is 0.574. The number of hydrogen-bond acceptors (Lipinski definition) is 7. The van der Waals surface area contributed by atoms with Gasteiger partial charge in [-0.3, -0.25) is 9.59 Å². The number of hydrogen-bond donors (Lipinski definition) is 2. The smallest absolute Gasteiger partial charge is 0.340 e. The number of benzene rings is 1. The van der Waals surface area contributed by atoms with Crippen molar-refractivity contribution in [2.75, 3.05) is 19.0 Å². The van der Waals surface area contributed by atoms with E-state index in [2.05, 4.69) is 20.4 Å². The van der Waals surface area contributed by atoms with Gasteiger partial charge >= 0.3 is 5.97 Å². The van der Waals surface area contributed by atoms with Crippen molar-refractivity contribution >= 4 is 29.0 Å². The number of aliphatic hydroxyl groups excluding tert-OH is 1. The van der Waals surface area contributed by atoms with Gasteiger partial charge in [0.25, 0.3) is 5.56 Å². The number of carbonyl (C=O) groups excluding carboxylic acids is 2. The van der Waals surface area contributed by atoms with Crippen LogP contribution in [0.1, 0.15) is 23.3 Å². The van der Waals surface area contributed by atoms with Crippen LogP contribution >= 0.6 is 0 Å². The average Bonchev–Trinajstić information content (AvgIpc) is 2.54. The van der Waals surface area contributed by atoms with Crippen molar-refractivity contribution in [3.8, 4) is 0 Å². The van der Waals surface area contributed by atoms with Crippen LogP contribution in [0.3, 0.4) is 0 Å². The summed E-state index contributed by atoms with van der Waals surface area (Å²) < 4.78 is 5.65. The van der Waals surface area contributed by atoms with Crippen LogP contribution in [0.2, 0.25) is 0 Å². The Hall–Kier alpha value is -2.81. The number of aromatic nitrogens is 3. The van der Waals surface area contributed by atoms with Crippen molar-refractivity contribution in [2.24, 2.45) is 0 Å². The molecule has 2 N–H and O–H groups in total. The molecule has 1 aromatic heterocycles. The molecule has 0 saturated heterocycles. The fourth-order valence-electron chi connectivity index (χ4n) is 1.93. The number of nitrogens with one attached hydrogen (secondary N) is 1. The minimum atomic E-state index is -0.680. The maximum Gasteiger partial charge on any atom is 0.340 e. The third-order valence-corrected chi connectivity index (χ3v) is 3.12. The normalized spacial score (nSPS) is 12.0. The minimum absolute atomic E-state index is 0.0590. The highest BCUT2D eigenvalue weighted by molar-refractivity contribution is 6.02. The molecule has 0 aliphatic heterocycles.